The molecule has 0 radical (unpaired) electrons. The van der Waals surface area contributed by atoms with Crippen molar-refractivity contribution in [3.05, 3.63) is 83.2 Å². The predicted molar refractivity (Wildman–Crippen MR) is 130 cm³/mol. The van der Waals surface area contributed by atoms with Crippen LogP contribution in [-0.4, -0.2) is 53.8 Å². The number of aromatic nitrogens is 2. The Morgan fingerprint density at radius 3 is 2.56 bits per heavy atom. The van der Waals surface area contributed by atoms with Crippen LogP contribution in [0, 0.1) is 24.4 Å². The van der Waals surface area contributed by atoms with E-state index in [-0.39, 0.29) is 26.2 Å². The molecular formula is C26H27F3N4O3. The number of benzene rings is 2. The van der Waals surface area contributed by atoms with Gasteiger partial charge >= 0.3 is 0 Å². The number of hydrogen-bond donors (Lipinski definition) is 0. The fourth-order valence-electron chi connectivity index (χ4n) is 4.51. The lowest BCUT2D eigenvalue weighted by Gasteiger charge is -2.44. The number of likely N-dealkylation sites (N-methyl/N-ethyl adjacent to an activating group) is 1. The number of imidazole rings is 1. The molecule has 2 aromatic carbocycles. The fourth-order valence-corrected chi connectivity index (χ4v) is 4.51. The van der Waals surface area contributed by atoms with Gasteiger partial charge in [-0.15, -0.1) is 0 Å². The molecular weight excluding hydrogens is 473 g/mol. The van der Waals surface area contributed by atoms with Gasteiger partial charge in [0.1, 0.15) is 11.3 Å². The van der Waals surface area contributed by atoms with Gasteiger partial charge in [0.05, 0.1) is 38.0 Å². The van der Waals surface area contributed by atoms with Gasteiger partial charge in [-0.1, -0.05) is 24.7 Å². The summed E-state index contributed by atoms with van der Waals surface area (Å²) in [6.07, 6.45) is 6.54. The van der Waals surface area contributed by atoms with Gasteiger partial charge in [-0.2, -0.15) is 0 Å². The van der Waals surface area contributed by atoms with Crippen LogP contribution in [0.3, 0.4) is 0 Å². The second-order valence-electron chi connectivity index (χ2n) is 8.48. The maximum absolute atomic E-state index is 14.1. The van der Waals surface area contributed by atoms with E-state index in [2.05, 4.69) is 10.1 Å². The Morgan fingerprint density at radius 1 is 1.14 bits per heavy atom. The van der Waals surface area contributed by atoms with Crippen molar-refractivity contribution in [2.75, 3.05) is 27.4 Å². The molecule has 0 amide bonds. The van der Waals surface area contributed by atoms with Crippen molar-refractivity contribution in [1.82, 2.24) is 14.5 Å². The van der Waals surface area contributed by atoms with Crippen molar-refractivity contribution in [2.45, 2.75) is 26.0 Å². The average Bonchev–Trinajstić information content (AvgIpc) is 3.49. The highest BCUT2D eigenvalue weighted by molar-refractivity contribution is 5.97. The van der Waals surface area contributed by atoms with E-state index in [0.717, 1.165) is 29.1 Å². The van der Waals surface area contributed by atoms with E-state index in [4.69, 9.17) is 14.3 Å². The van der Waals surface area contributed by atoms with E-state index >= 15 is 0 Å². The summed E-state index contributed by atoms with van der Waals surface area (Å²) in [5, 5.41) is 4.18. The monoisotopic (exact) mass is 500 g/mol. The van der Waals surface area contributed by atoms with Crippen LogP contribution >= 0.6 is 0 Å². The van der Waals surface area contributed by atoms with Crippen LogP contribution < -0.4 is 4.74 Å². The lowest BCUT2D eigenvalue weighted by Crippen LogP contribution is -2.57. The van der Waals surface area contributed by atoms with Gasteiger partial charge in [0, 0.05) is 13.2 Å². The summed E-state index contributed by atoms with van der Waals surface area (Å²) in [6.45, 7) is 2.18. The number of ether oxygens (including phenoxy) is 2. The summed E-state index contributed by atoms with van der Waals surface area (Å²) in [5.41, 5.74) is 1.69. The Kier molecular flexibility index (Phi) is 6.81. The van der Waals surface area contributed by atoms with Gasteiger partial charge in [-0.25, -0.2) is 18.2 Å². The van der Waals surface area contributed by atoms with E-state index in [1.165, 1.54) is 0 Å². The minimum Gasteiger partial charge on any atom is -0.495 e. The summed E-state index contributed by atoms with van der Waals surface area (Å²) in [4.78, 5) is 11.7. The van der Waals surface area contributed by atoms with Crippen LogP contribution in [0.15, 0.2) is 54.1 Å². The Bertz CT molecular complexity index is 1320. The van der Waals surface area contributed by atoms with Crippen LogP contribution in [0.1, 0.15) is 24.2 Å². The third-order valence-corrected chi connectivity index (χ3v) is 6.44. The van der Waals surface area contributed by atoms with Gasteiger partial charge in [0.15, 0.2) is 29.4 Å². The first-order valence-electron chi connectivity index (χ1n) is 10.9. The highest BCUT2D eigenvalue weighted by atomic mass is 19.2. The molecule has 3 heterocycles. The number of fused-ring (bicyclic) bond motifs is 1. The number of methoxy groups -OCH3 is 1. The molecule has 1 fully saturated rings. The van der Waals surface area contributed by atoms with E-state index in [1.54, 1.807) is 31.5 Å². The molecule has 0 N–H and O–H groups in total. The average molecular weight is 501 g/mol. The zero-order valence-electron chi connectivity index (χ0n) is 19.3. The van der Waals surface area contributed by atoms with E-state index in [0.29, 0.717) is 11.6 Å². The topological polar surface area (TPSA) is 61.1 Å². The summed E-state index contributed by atoms with van der Waals surface area (Å²) in [6, 6.07) is 7.65. The second-order valence-corrected chi connectivity index (χ2v) is 8.48. The minimum atomic E-state index is -1.52. The smallest absolute Gasteiger partial charge is 0.194 e. The van der Waals surface area contributed by atoms with Crippen molar-refractivity contribution in [3.8, 4) is 11.4 Å². The van der Waals surface area contributed by atoms with Crippen molar-refractivity contribution >= 4 is 11.9 Å². The van der Waals surface area contributed by atoms with E-state index in [1.807, 2.05) is 42.0 Å². The van der Waals surface area contributed by atoms with Gasteiger partial charge in [0.2, 0.25) is 0 Å². The van der Waals surface area contributed by atoms with Crippen LogP contribution in [0.25, 0.3) is 11.8 Å². The first-order chi connectivity index (χ1) is 16.8. The Labute approximate surface area is 207 Å². The lowest BCUT2D eigenvalue weighted by atomic mass is 9.84. The van der Waals surface area contributed by atoms with Crippen LogP contribution in [0.5, 0.6) is 5.75 Å². The number of amidine groups is 1. The molecule has 0 aliphatic carbocycles. The van der Waals surface area contributed by atoms with Crippen LogP contribution in [-0.2, 0) is 15.1 Å². The molecule has 3 aromatic rings. The highest BCUT2D eigenvalue weighted by Crippen LogP contribution is 2.41. The molecule has 2 aliphatic rings. The van der Waals surface area contributed by atoms with Crippen LogP contribution in [0.4, 0.5) is 13.2 Å². The zero-order chi connectivity index (χ0) is 24.7. The van der Waals surface area contributed by atoms with Crippen molar-refractivity contribution in [2.24, 2.45) is 5.16 Å². The molecule has 1 unspecified atom stereocenters. The number of rotatable bonds is 5. The van der Waals surface area contributed by atoms with E-state index < -0.39 is 29.1 Å². The van der Waals surface area contributed by atoms with Gasteiger partial charge in [0.25, 0.3) is 0 Å². The quantitative estimate of drug-likeness (QED) is 0.470. The molecule has 7 nitrogen and oxygen atoms in total. The fraction of sp³-hybridized carbons (Fsp3) is 0.308. The van der Waals surface area contributed by atoms with Crippen molar-refractivity contribution in [1.29, 1.82) is 0 Å². The molecule has 0 spiro atoms. The van der Waals surface area contributed by atoms with Crippen LogP contribution in [0.2, 0.25) is 0 Å². The van der Waals surface area contributed by atoms with Gasteiger partial charge in [-0.05, 0) is 48.4 Å². The predicted octanol–water partition coefficient (Wildman–Crippen LogP) is 4.83. The zero-order valence-corrected chi connectivity index (χ0v) is 19.3. The summed E-state index contributed by atoms with van der Waals surface area (Å²) >= 11 is 0. The maximum Gasteiger partial charge on any atom is 0.194 e. The molecule has 0 bridgehead atoms. The highest BCUT2D eigenvalue weighted by Gasteiger charge is 2.54. The third kappa shape index (κ3) is 4.11. The molecule has 190 valence electrons. The van der Waals surface area contributed by atoms with Gasteiger partial charge < -0.3 is 23.8 Å². The molecule has 5 rings (SSSR count). The maximum atomic E-state index is 14.1. The summed E-state index contributed by atoms with van der Waals surface area (Å²) in [7, 11) is 3.32. The molecule has 10 heteroatoms. The molecule has 1 aromatic heterocycles. The molecule has 2 atom stereocenters. The Hall–Kier alpha value is -3.79. The molecule has 0 saturated carbocycles. The number of hydrogen-bond acceptors (Lipinski definition) is 6. The number of halogens is 3. The lowest BCUT2D eigenvalue weighted by molar-refractivity contribution is -0.0394. The van der Waals surface area contributed by atoms with Crippen molar-refractivity contribution < 1.29 is 27.5 Å². The first kappa shape index (κ1) is 25.3. The SMILES string of the molecule is C.COc1cc(/C=C/C2=NOC3COC[C@@]3(c3cc(F)c(F)c(F)c3)N2C)ccc1-n1cnc(C)c1. The van der Waals surface area contributed by atoms with E-state index in [9.17, 15) is 13.2 Å². The largest absolute Gasteiger partial charge is 0.495 e. The Balaban J connectivity index is 0.00000304. The van der Waals surface area contributed by atoms with Gasteiger partial charge in [-0.3, -0.25) is 0 Å². The minimum absolute atomic E-state index is 0. The summed E-state index contributed by atoms with van der Waals surface area (Å²) in [5.74, 6) is -3.00. The Morgan fingerprint density at radius 2 is 1.89 bits per heavy atom. The first-order valence-corrected chi connectivity index (χ1v) is 10.9. The summed E-state index contributed by atoms with van der Waals surface area (Å²) < 4.78 is 54.8. The second kappa shape index (κ2) is 9.69. The number of aryl methyl sites for hydroxylation is 1. The van der Waals surface area contributed by atoms with Crippen molar-refractivity contribution in [3.63, 3.8) is 0 Å². The molecule has 2 aliphatic heterocycles. The normalized spacial score (nSPS) is 21.1. The number of oxime groups is 1. The molecule has 36 heavy (non-hydrogen) atoms. The molecule has 1 saturated heterocycles. The third-order valence-electron chi connectivity index (χ3n) is 6.44. The number of nitrogens with zero attached hydrogens (tertiary/aromatic N) is 4. The standard InChI is InChI=1S/C25H23F3N4O3.CH4/c1-15-11-32(14-29-15)20-6-4-16(8-21(20)33-3)5-7-23-30-35-22-12-34-13-25(22,31(23)2)17-9-18(26)24(28)19(27)10-17;/h4-11,14,22H,12-13H2,1-3H3;1H4/b7-5+;/t22?,25-;/m0./s1.